The van der Waals surface area contributed by atoms with Gasteiger partial charge in [-0.05, 0) is 54.7 Å². The minimum absolute atomic E-state index is 0.0465. The van der Waals surface area contributed by atoms with Crippen LogP contribution in [0, 0.1) is 0 Å². The summed E-state index contributed by atoms with van der Waals surface area (Å²) in [5.74, 6) is -0.845. The largest absolute Gasteiger partial charge is 0.417 e. The minimum Gasteiger partial charge on any atom is -0.387 e. The number of rotatable bonds is 6. The molecule has 1 saturated carbocycles. The van der Waals surface area contributed by atoms with E-state index < -0.39 is 34.3 Å². The quantitative estimate of drug-likeness (QED) is 0.347. The summed E-state index contributed by atoms with van der Waals surface area (Å²) in [6, 6.07) is 16.7. The van der Waals surface area contributed by atoms with Crippen molar-refractivity contribution in [1.82, 2.24) is 5.32 Å². The number of amides is 1. The lowest BCUT2D eigenvalue weighted by Gasteiger charge is -2.34. The van der Waals surface area contributed by atoms with Gasteiger partial charge in [0.1, 0.15) is 0 Å². The molecule has 0 radical (unpaired) electrons. The predicted octanol–water partition coefficient (Wildman–Crippen LogP) is 7.00. The maximum atomic E-state index is 13.3. The summed E-state index contributed by atoms with van der Waals surface area (Å²) in [6.07, 6.45) is -2.31. The van der Waals surface area contributed by atoms with Gasteiger partial charge in [0.05, 0.1) is 27.8 Å². The summed E-state index contributed by atoms with van der Waals surface area (Å²) in [5.41, 5.74) is 0.174. The minimum atomic E-state index is -4.71. The van der Waals surface area contributed by atoms with Gasteiger partial charge in [-0.15, -0.1) is 0 Å². The average Bonchev–Trinajstić information content (AvgIpc) is 3.29. The van der Waals surface area contributed by atoms with E-state index in [9.17, 15) is 27.9 Å². The lowest BCUT2D eigenvalue weighted by atomic mass is 9.85. The van der Waals surface area contributed by atoms with E-state index in [2.05, 4.69) is 5.32 Å². The number of nitrogens with one attached hydrogen (secondary N) is 1. The topological polar surface area (TPSA) is 66.4 Å². The average molecular weight is 516 g/mol. The summed E-state index contributed by atoms with van der Waals surface area (Å²) in [4.78, 5) is 24.8. The summed E-state index contributed by atoms with van der Waals surface area (Å²) >= 11 is 5.99. The first-order chi connectivity index (χ1) is 17.0. The third-order valence-corrected chi connectivity index (χ3v) is 7.08. The molecule has 1 aliphatic rings. The molecule has 0 spiro atoms. The van der Waals surface area contributed by atoms with E-state index in [1.165, 1.54) is 13.0 Å². The van der Waals surface area contributed by atoms with Gasteiger partial charge in [0.2, 0.25) is 0 Å². The van der Waals surface area contributed by atoms with Gasteiger partial charge in [-0.2, -0.15) is 13.2 Å². The van der Waals surface area contributed by atoms with Gasteiger partial charge in [0.25, 0.3) is 5.91 Å². The molecular weight excluding hydrogens is 491 g/mol. The Morgan fingerprint density at radius 1 is 0.972 bits per heavy atom. The lowest BCUT2D eigenvalue weighted by Crippen LogP contribution is -2.44. The second-order valence-electron chi connectivity index (χ2n) is 9.14. The van der Waals surface area contributed by atoms with E-state index in [4.69, 9.17) is 11.6 Å². The van der Waals surface area contributed by atoms with E-state index in [0.29, 0.717) is 24.0 Å². The van der Waals surface area contributed by atoms with Crippen molar-refractivity contribution in [3.05, 3.63) is 94.0 Å². The van der Waals surface area contributed by atoms with Crippen molar-refractivity contribution in [2.45, 2.75) is 50.4 Å². The van der Waals surface area contributed by atoms with Crippen LogP contribution in [0.25, 0.3) is 11.1 Å². The van der Waals surface area contributed by atoms with Crippen molar-refractivity contribution in [1.29, 1.82) is 0 Å². The maximum Gasteiger partial charge on any atom is 0.417 e. The number of ketones is 1. The van der Waals surface area contributed by atoms with Crippen LogP contribution in [-0.4, -0.2) is 22.4 Å². The molecule has 3 aromatic rings. The Kier molecular flexibility index (Phi) is 7.25. The SMILES string of the molecule is CC(=O)c1ccc(-c2cccc(C(NC(=O)c3cccc(C(F)(F)F)c3Cl)C3(O)CCCC3)c2)cc1. The zero-order chi connectivity index (χ0) is 26.1. The van der Waals surface area contributed by atoms with Crippen LogP contribution in [0.1, 0.15) is 70.5 Å². The Labute approximate surface area is 212 Å². The third-order valence-electron chi connectivity index (χ3n) is 6.68. The van der Waals surface area contributed by atoms with Gasteiger partial charge < -0.3 is 10.4 Å². The summed E-state index contributed by atoms with van der Waals surface area (Å²) in [7, 11) is 0. The first kappa shape index (κ1) is 25.9. The van der Waals surface area contributed by atoms with Crippen LogP contribution in [0.15, 0.2) is 66.7 Å². The highest BCUT2D eigenvalue weighted by atomic mass is 35.5. The monoisotopic (exact) mass is 515 g/mol. The van der Waals surface area contributed by atoms with Crippen molar-refractivity contribution in [3.63, 3.8) is 0 Å². The van der Waals surface area contributed by atoms with Crippen LogP contribution in [0.3, 0.4) is 0 Å². The number of aliphatic hydroxyl groups is 1. The smallest absolute Gasteiger partial charge is 0.387 e. The molecule has 0 aromatic heterocycles. The predicted molar refractivity (Wildman–Crippen MR) is 132 cm³/mol. The zero-order valence-corrected chi connectivity index (χ0v) is 20.3. The van der Waals surface area contributed by atoms with Crippen LogP contribution >= 0.6 is 11.6 Å². The van der Waals surface area contributed by atoms with Crippen LogP contribution in [-0.2, 0) is 6.18 Å². The fraction of sp³-hybridized carbons (Fsp3) is 0.286. The highest BCUT2D eigenvalue weighted by Gasteiger charge is 2.42. The van der Waals surface area contributed by atoms with Gasteiger partial charge in [0.15, 0.2) is 5.78 Å². The van der Waals surface area contributed by atoms with Gasteiger partial charge in [0, 0.05) is 5.56 Å². The molecule has 8 heteroatoms. The van der Waals surface area contributed by atoms with Gasteiger partial charge in [-0.3, -0.25) is 9.59 Å². The standard InChI is InChI=1S/C28H25ClF3NO3/c1-17(34)18-10-12-19(13-11-18)20-6-4-7-21(16-20)25(27(36)14-2-3-15-27)33-26(35)22-8-5-9-23(24(22)29)28(30,31)32/h4-13,16,25,36H,2-3,14-15H2,1H3,(H,33,35). The molecule has 0 bridgehead atoms. The number of hydrogen-bond donors (Lipinski definition) is 2. The van der Waals surface area contributed by atoms with Crippen molar-refractivity contribution >= 4 is 23.3 Å². The highest BCUT2D eigenvalue weighted by molar-refractivity contribution is 6.34. The van der Waals surface area contributed by atoms with Gasteiger partial charge >= 0.3 is 6.18 Å². The summed E-state index contributed by atoms with van der Waals surface area (Å²) < 4.78 is 40.0. The van der Waals surface area contributed by atoms with Crippen molar-refractivity contribution in [3.8, 4) is 11.1 Å². The van der Waals surface area contributed by atoms with Crippen LogP contribution in [0.4, 0.5) is 13.2 Å². The number of benzene rings is 3. The van der Waals surface area contributed by atoms with E-state index in [-0.39, 0.29) is 11.3 Å². The van der Waals surface area contributed by atoms with E-state index >= 15 is 0 Å². The molecule has 3 aromatic carbocycles. The molecule has 1 amide bonds. The molecule has 1 aliphatic carbocycles. The number of carbonyl (C=O) groups is 2. The Balaban J connectivity index is 1.70. The molecule has 1 fully saturated rings. The van der Waals surface area contributed by atoms with Crippen molar-refractivity contribution in [2.24, 2.45) is 0 Å². The van der Waals surface area contributed by atoms with Crippen LogP contribution < -0.4 is 5.32 Å². The molecule has 2 N–H and O–H groups in total. The first-order valence-corrected chi connectivity index (χ1v) is 12.0. The Morgan fingerprint density at radius 2 is 1.61 bits per heavy atom. The molecule has 1 unspecified atom stereocenters. The molecule has 4 rings (SSSR count). The molecule has 0 aliphatic heterocycles. The number of alkyl halides is 3. The van der Waals surface area contributed by atoms with Gasteiger partial charge in [-0.1, -0.05) is 73.0 Å². The second-order valence-corrected chi connectivity index (χ2v) is 9.52. The fourth-order valence-corrected chi connectivity index (χ4v) is 5.05. The van der Waals surface area contributed by atoms with Crippen molar-refractivity contribution < 1.29 is 27.9 Å². The number of carbonyl (C=O) groups excluding carboxylic acids is 2. The number of halogens is 4. The second kappa shape index (κ2) is 10.1. The molecule has 1 atom stereocenters. The Morgan fingerprint density at radius 3 is 2.22 bits per heavy atom. The molecule has 0 saturated heterocycles. The van der Waals surface area contributed by atoms with Crippen LogP contribution in [0.2, 0.25) is 5.02 Å². The van der Waals surface area contributed by atoms with E-state index in [0.717, 1.165) is 36.1 Å². The van der Waals surface area contributed by atoms with Crippen LogP contribution in [0.5, 0.6) is 0 Å². The summed E-state index contributed by atoms with van der Waals surface area (Å²) in [6.45, 7) is 1.49. The van der Waals surface area contributed by atoms with Crippen molar-refractivity contribution in [2.75, 3.05) is 0 Å². The third kappa shape index (κ3) is 5.32. The van der Waals surface area contributed by atoms with E-state index in [1.807, 2.05) is 24.3 Å². The Hall–Kier alpha value is -3.16. The van der Waals surface area contributed by atoms with E-state index in [1.54, 1.807) is 24.3 Å². The zero-order valence-electron chi connectivity index (χ0n) is 19.5. The molecular formula is C28H25ClF3NO3. The van der Waals surface area contributed by atoms with Gasteiger partial charge in [-0.25, -0.2) is 0 Å². The molecule has 4 nitrogen and oxygen atoms in total. The normalized spacial score (nSPS) is 15.9. The molecule has 36 heavy (non-hydrogen) atoms. The number of Topliss-reactive ketones (excluding diaryl/α,β-unsaturated/α-hetero) is 1. The molecule has 188 valence electrons. The fourth-order valence-electron chi connectivity index (χ4n) is 4.73. The lowest BCUT2D eigenvalue weighted by molar-refractivity contribution is -0.137. The molecule has 0 heterocycles. The number of hydrogen-bond acceptors (Lipinski definition) is 3. The summed E-state index contributed by atoms with van der Waals surface area (Å²) in [5, 5.41) is 13.5. The highest BCUT2D eigenvalue weighted by Crippen LogP contribution is 2.41. The first-order valence-electron chi connectivity index (χ1n) is 11.6. The maximum absolute atomic E-state index is 13.3. The Bertz CT molecular complexity index is 1280.